The Balaban J connectivity index is 2.86. The topological polar surface area (TPSA) is 35.0 Å². The second kappa shape index (κ2) is 3.32. The molecule has 1 heterocycles. The Kier molecular flexibility index (Phi) is 2.55. The van der Waals surface area contributed by atoms with Crippen molar-refractivity contribution >= 4 is 0 Å². The summed E-state index contributed by atoms with van der Waals surface area (Å²) < 4.78 is 5.56. The third kappa shape index (κ3) is 3.01. The monoisotopic (exact) mass is 180 g/mol. The van der Waals surface area contributed by atoms with Gasteiger partial charge in [0.1, 0.15) is 5.60 Å². The number of hydrogen-bond donors (Lipinski definition) is 0. The summed E-state index contributed by atoms with van der Waals surface area (Å²) in [5.41, 5.74) is 1.84. The largest absolute Gasteiger partial charge is 0.471 e. The van der Waals surface area contributed by atoms with Gasteiger partial charge in [0.05, 0.1) is 5.69 Å². The van der Waals surface area contributed by atoms with Crippen LogP contribution in [-0.4, -0.2) is 15.8 Å². The third-order valence-corrected chi connectivity index (χ3v) is 1.62. The van der Waals surface area contributed by atoms with E-state index in [2.05, 4.69) is 10.2 Å². The van der Waals surface area contributed by atoms with Crippen molar-refractivity contribution < 1.29 is 4.74 Å². The van der Waals surface area contributed by atoms with Crippen LogP contribution in [0.2, 0.25) is 0 Å². The lowest BCUT2D eigenvalue weighted by Crippen LogP contribution is -2.23. The summed E-state index contributed by atoms with van der Waals surface area (Å²) in [5.74, 6) is 0.593. The first-order chi connectivity index (χ1) is 5.88. The highest BCUT2D eigenvalue weighted by atomic mass is 16.5. The molecule has 0 aliphatic rings. The van der Waals surface area contributed by atoms with E-state index in [4.69, 9.17) is 4.74 Å². The Labute approximate surface area is 79.1 Å². The van der Waals surface area contributed by atoms with Gasteiger partial charge in [-0.2, -0.15) is 5.10 Å². The Morgan fingerprint density at radius 3 is 2.23 bits per heavy atom. The number of aromatic nitrogens is 2. The van der Waals surface area contributed by atoms with E-state index in [1.807, 2.05) is 40.7 Å². The van der Waals surface area contributed by atoms with Gasteiger partial charge < -0.3 is 4.74 Å². The number of aryl methyl sites for hydroxylation is 2. The predicted molar refractivity (Wildman–Crippen MR) is 51.9 cm³/mol. The highest BCUT2D eigenvalue weighted by Gasteiger charge is 2.13. The quantitative estimate of drug-likeness (QED) is 0.665. The number of nitrogens with zero attached hydrogens (tertiary/aromatic N) is 2. The van der Waals surface area contributed by atoms with Crippen LogP contribution in [0.15, 0.2) is 6.07 Å². The van der Waals surface area contributed by atoms with E-state index in [1.165, 1.54) is 0 Å². The third-order valence-electron chi connectivity index (χ3n) is 1.62. The van der Waals surface area contributed by atoms with Crippen molar-refractivity contribution in [3.05, 3.63) is 17.3 Å². The molecule has 1 rings (SSSR count). The molecule has 0 unspecified atom stereocenters. The van der Waals surface area contributed by atoms with Crippen molar-refractivity contribution in [1.82, 2.24) is 10.2 Å². The van der Waals surface area contributed by atoms with E-state index >= 15 is 0 Å². The molecule has 3 heteroatoms. The molecule has 0 N–H and O–H groups in total. The van der Waals surface area contributed by atoms with Gasteiger partial charge >= 0.3 is 0 Å². The van der Waals surface area contributed by atoms with Crippen molar-refractivity contribution in [2.24, 2.45) is 0 Å². The van der Waals surface area contributed by atoms with Crippen molar-refractivity contribution in [3.8, 4) is 5.88 Å². The molecule has 13 heavy (non-hydrogen) atoms. The first-order valence-corrected chi connectivity index (χ1v) is 4.38. The van der Waals surface area contributed by atoms with Crippen molar-refractivity contribution in [3.63, 3.8) is 0 Å². The molecule has 0 amide bonds. The summed E-state index contributed by atoms with van der Waals surface area (Å²) >= 11 is 0. The van der Waals surface area contributed by atoms with Crippen LogP contribution in [0.4, 0.5) is 0 Å². The smallest absolute Gasteiger partial charge is 0.234 e. The van der Waals surface area contributed by atoms with Gasteiger partial charge in [0, 0.05) is 6.07 Å². The lowest BCUT2D eigenvalue weighted by molar-refractivity contribution is 0.122. The average molecular weight is 180 g/mol. The fraction of sp³-hybridized carbons (Fsp3) is 0.600. The van der Waals surface area contributed by atoms with Gasteiger partial charge in [-0.05, 0) is 40.2 Å². The Morgan fingerprint density at radius 1 is 1.15 bits per heavy atom. The molecule has 3 nitrogen and oxygen atoms in total. The van der Waals surface area contributed by atoms with Gasteiger partial charge in [-0.1, -0.05) is 0 Å². The van der Waals surface area contributed by atoms with Crippen molar-refractivity contribution in [2.45, 2.75) is 40.2 Å². The van der Waals surface area contributed by atoms with Crippen LogP contribution < -0.4 is 4.74 Å². The summed E-state index contributed by atoms with van der Waals surface area (Å²) in [4.78, 5) is 0. The molecule has 0 saturated heterocycles. The Hall–Kier alpha value is -1.12. The standard InChI is InChI=1S/C10H16N2O/c1-7-6-9(12-11-8(7)2)13-10(3,4)5/h6H,1-5H3. The van der Waals surface area contributed by atoms with Crippen LogP contribution in [0.25, 0.3) is 0 Å². The maximum Gasteiger partial charge on any atom is 0.234 e. The van der Waals surface area contributed by atoms with E-state index in [1.54, 1.807) is 0 Å². The highest BCUT2D eigenvalue weighted by Crippen LogP contribution is 2.16. The van der Waals surface area contributed by atoms with Crippen LogP contribution in [0, 0.1) is 13.8 Å². The molecule has 0 atom stereocenters. The molecule has 0 aromatic carbocycles. The fourth-order valence-corrected chi connectivity index (χ4v) is 0.885. The van der Waals surface area contributed by atoms with Gasteiger partial charge in [-0.15, -0.1) is 5.10 Å². The minimum atomic E-state index is -0.212. The molecule has 72 valence electrons. The summed E-state index contributed by atoms with van der Waals surface area (Å²) in [6, 6.07) is 1.91. The summed E-state index contributed by atoms with van der Waals surface area (Å²) in [5, 5.41) is 7.94. The van der Waals surface area contributed by atoms with Crippen LogP contribution >= 0.6 is 0 Å². The van der Waals surface area contributed by atoms with Crippen molar-refractivity contribution in [2.75, 3.05) is 0 Å². The SMILES string of the molecule is Cc1cc(OC(C)(C)C)nnc1C. The molecule has 1 aromatic heterocycles. The fourth-order valence-electron chi connectivity index (χ4n) is 0.885. The summed E-state index contributed by atoms with van der Waals surface area (Å²) in [6.45, 7) is 9.90. The van der Waals surface area contributed by atoms with E-state index < -0.39 is 0 Å². The van der Waals surface area contributed by atoms with Gasteiger partial charge in [-0.25, -0.2) is 0 Å². The first kappa shape index (κ1) is 9.96. The van der Waals surface area contributed by atoms with Crippen LogP contribution in [0.5, 0.6) is 5.88 Å². The van der Waals surface area contributed by atoms with Gasteiger partial charge in [-0.3, -0.25) is 0 Å². The van der Waals surface area contributed by atoms with Crippen LogP contribution in [-0.2, 0) is 0 Å². The van der Waals surface area contributed by atoms with E-state index in [-0.39, 0.29) is 5.60 Å². The molecule has 0 aliphatic heterocycles. The van der Waals surface area contributed by atoms with Crippen LogP contribution in [0.3, 0.4) is 0 Å². The first-order valence-electron chi connectivity index (χ1n) is 4.38. The minimum Gasteiger partial charge on any atom is -0.471 e. The van der Waals surface area contributed by atoms with Crippen molar-refractivity contribution in [1.29, 1.82) is 0 Å². The maximum atomic E-state index is 5.56. The highest BCUT2D eigenvalue weighted by molar-refractivity contribution is 5.21. The molecule has 0 radical (unpaired) electrons. The second-order valence-corrected chi connectivity index (χ2v) is 4.17. The molecular formula is C10H16N2O. The zero-order chi connectivity index (χ0) is 10.1. The Morgan fingerprint density at radius 2 is 1.77 bits per heavy atom. The molecular weight excluding hydrogens is 164 g/mol. The summed E-state index contributed by atoms with van der Waals surface area (Å²) in [6.07, 6.45) is 0. The number of rotatable bonds is 1. The van der Waals surface area contributed by atoms with E-state index in [9.17, 15) is 0 Å². The second-order valence-electron chi connectivity index (χ2n) is 4.17. The zero-order valence-electron chi connectivity index (χ0n) is 8.88. The lowest BCUT2D eigenvalue weighted by atomic mass is 10.2. The molecule has 0 spiro atoms. The lowest BCUT2D eigenvalue weighted by Gasteiger charge is -2.20. The molecule has 0 aliphatic carbocycles. The molecule has 0 saturated carbocycles. The minimum absolute atomic E-state index is 0.212. The average Bonchev–Trinajstić information content (AvgIpc) is 1.94. The van der Waals surface area contributed by atoms with Gasteiger partial charge in [0.2, 0.25) is 5.88 Å². The Bertz CT molecular complexity index is 302. The number of hydrogen-bond acceptors (Lipinski definition) is 3. The van der Waals surface area contributed by atoms with Gasteiger partial charge in [0.25, 0.3) is 0 Å². The maximum absolute atomic E-state index is 5.56. The normalized spacial score (nSPS) is 11.5. The number of ether oxygens (including phenoxy) is 1. The molecule has 1 aromatic rings. The zero-order valence-corrected chi connectivity index (χ0v) is 8.88. The predicted octanol–water partition coefficient (Wildman–Crippen LogP) is 2.27. The molecule has 0 fully saturated rings. The van der Waals surface area contributed by atoms with Crippen LogP contribution in [0.1, 0.15) is 32.0 Å². The van der Waals surface area contributed by atoms with Gasteiger partial charge in [0.15, 0.2) is 0 Å². The van der Waals surface area contributed by atoms with E-state index in [0.29, 0.717) is 5.88 Å². The summed E-state index contributed by atoms with van der Waals surface area (Å²) in [7, 11) is 0. The molecule has 0 bridgehead atoms. The van der Waals surface area contributed by atoms with E-state index in [0.717, 1.165) is 11.3 Å².